The summed E-state index contributed by atoms with van der Waals surface area (Å²) < 4.78 is 21.0. The number of rotatable bonds is 1. The summed E-state index contributed by atoms with van der Waals surface area (Å²) in [5.41, 5.74) is 0.488. The summed E-state index contributed by atoms with van der Waals surface area (Å²) in [5.74, 6) is 0.320. The molecule has 0 aliphatic rings. The number of hydrogen-bond acceptors (Lipinski definition) is 0. The van der Waals surface area contributed by atoms with Gasteiger partial charge in [-0.3, -0.25) is 0 Å². The minimum absolute atomic E-state index is 0.320. The van der Waals surface area contributed by atoms with Gasteiger partial charge in [0.2, 0.25) is 0 Å². The molecule has 0 heteroatoms. The van der Waals surface area contributed by atoms with Crippen LogP contribution in [0.15, 0.2) is 11.6 Å². The summed E-state index contributed by atoms with van der Waals surface area (Å²) in [4.78, 5) is 0. The Balaban J connectivity index is 4.20. The van der Waals surface area contributed by atoms with E-state index in [1.54, 1.807) is 13.0 Å². The maximum Gasteiger partial charge on any atom is 0.0276 e. The van der Waals surface area contributed by atoms with Crippen molar-refractivity contribution in [3.63, 3.8) is 0 Å². The standard InChI is InChI=1S/C7H14/c1-6(2)5-7(3)4/h5-6H,1-4H3/i3D3. The molecule has 0 unspecified atom stereocenters. The Morgan fingerprint density at radius 2 is 2.29 bits per heavy atom. The lowest BCUT2D eigenvalue weighted by Gasteiger charge is -1.93. The Labute approximate surface area is 50.5 Å². The van der Waals surface area contributed by atoms with Crippen LogP contribution in [0.1, 0.15) is 31.7 Å². The fourth-order valence-corrected chi connectivity index (χ4v) is 0.500. The van der Waals surface area contributed by atoms with Crippen molar-refractivity contribution in [1.82, 2.24) is 0 Å². The molecule has 0 aromatic carbocycles. The molecule has 0 amide bonds. The Morgan fingerprint density at radius 3 is 2.43 bits per heavy atom. The number of allylic oxidation sites excluding steroid dienone is 2. The van der Waals surface area contributed by atoms with Crippen molar-refractivity contribution >= 4 is 0 Å². The molecule has 0 nitrogen and oxygen atoms in total. The molecule has 0 aromatic rings. The lowest BCUT2D eigenvalue weighted by Crippen LogP contribution is -1.77. The van der Waals surface area contributed by atoms with Gasteiger partial charge in [-0.1, -0.05) is 25.5 Å². The average Bonchev–Trinajstić information content (AvgIpc) is 1.60. The van der Waals surface area contributed by atoms with E-state index in [4.69, 9.17) is 4.11 Å². The summed E-state index contributed by atoms with van der Waals surface area (Å²) in [6.45, 7) is 3.68. The third kappa shape index (κ3) is 5.74. The van der Waals surface area contributed by atoms with E-state index in [9.17, 15) is 0 Å². The van der Waals surface area contributed by atoms with Crippen molar-refractivity contribution in [3.8, 4) is 0 Å². The maximum atomic E-state index is 7.00. The van der Waals surface area contributed by atoms with Gasteiger partial charge in [-0.2, -0.15) is 0 Å². The maximum absolute atomic E-state index is 7.00. The highest BCUT2D eigenvalue weighted by molar-refractivity contribution is 4.94. The van der Waals surface area contributed by atoms with E-state index in [1.165, 1.54) is 0 Å². The van der Waals surface area contributed by atoms with Crippen LogP contribution in [0.25, 0.3) is 0 Å². The van der Waals surface area contributed by atoms with Gasteiger partial charge in [0.15, 0.2) is 0 Å². The van der Waals surface area contributed by atoms with E-state index in [0.29, 0.717) is 11.5 Å². The van der Waals surface area contributed by atoms with Crippen LogP contribution in [0, 0.1) is 5.92 Å². The monoisotopic (exact) mass is 101 g/mol. The lowest BCUT2D eigenvalue weighted by atomic mass is 10.1. The second-order valence-electron chi connectivity index (χ2n) is 2.09. The van der Waals surface area contributed by atoms with Gasteiger partial charge in [0.25, 0.3) is 0 Å². The minimum atomic E-state index is -1.90. The van der Waals surface area contributed by atoms with Crippen LogP contribution in [0.5, 0.6) is 0 Å². The third-order valence-electron chi connectivity index (χ3n) is 0.583. The topological polar surface area (TPSA) is 0 Å². The minimum Gasteiger partial charge on any atom is -0.0833 e. The largest absolute Gasteiger partial charge is 0.0833 e. The summed E-state index contributed by atoms with van der Waals surface area (Å²) in [7, 11) is 0. The van der Waals surface area contributed by atoms with Gasteiger partial charge in [-0.25, -0.2) is 0 Å². The Hall–Kier alpha value is -0.260. The molecule has 0 rings (SSSR count). The Kier molecular flexibility index (Phi) is 1.18. The molecule has 0 saturated carbocycles. The first-order chi connectivity index (χ1) is 4.34. The van der Waals surface area contributed by atoms with Crippen molar-refractivity contribution in [2.45, 2.75) is 27.6 Å². The molecule has 0 atom stereocenters. The van der Waals surface area contributed by atoms with Crippen LogP contribution < -0.4 is 0 Å². The molecule has 7 heavy (non-hydrogen) atoms. The molecule has 0 bridgehead atoms. The molecular formula is C7H14. The van der Waals surface area contributed by atoms with E-state index in [-0.39, 0.29) is 0 Å². The average molecular weight is 101 g/mol. The van der Waals surface area contributed by atoms with Crippen molar-refractivity contribution < 1.29 is 4.11 Å². The van der Waals surface area contributed by atoms with Crippen LogP contribution in [-0.2, 0) is 0 Å². The molecule has 0 aliphatic carbocycles. The predicted molar refractivity (Wildman–Crippen MR) is 34.3 cm³/mol. The van der Waals surface area contributed by atoms with E-state index in [0.717, 1.165) is 0 Å². The molecule has 0 spiro atoms. The van der Waals surface area contributed by atoms with Crippen molar-refractivity contribution in [1.29, 1.82) is 0 Å². The molecular weight excluding hydrogens is 84.1 g/mol. The first-order valence-electron chi connectivity index (χ1n) is 4.03. The van der Waals surface area contributed by atoms with Crippen LogP contribution in [0.3, 0.4) is 0 Å². The molecule has 0 fully saturated rings. The number of hydrogen-bond donors (Lipinski definition) is 0. The molecule has 0 N–H and O–H groups in total. The first-order valence-corrected chi connectivity index (χ1v) is 2.53. The van der Waals surface area contributed by atoms with Crippen LogP contribution in [0.4, 0.5) is 0 Å². The van der Waals surface area contributed by atoms with Crippen LogP contribution in [0.2, 0.25) is 0 Å². The summed E-state index contributed by atoms with van der Waals surface area (Å²) in [5, 5.41) is 0. The van der Waals surface area contributed by atoms with Gasteiger partial charge in [0, 0.05) is 4.11 Å². The molecule has 0 radical (unpaired) electrons. The van der Waals surface area contributed by atoms with Gasteiger partial charge in [-0.15, -0.1) is 0 Å². The quantitative estimate of drug-likeness (QED) is 0.445. The zero-order chi connectivity index (χ0) is 8.36. The van der Waals surface area contributed by atoms with Gasteiger partial charge in [0.1, 0.15) is 0 Å². The van der Waals surface area contributed by atoms with Crippen molar-refractivity contribution in [3.05, 3.63) is 11.6 Å². The van der Waals surface area contributed by atoms with E-state index >= 15 is 0 Å². The highest BCUT2D eigenvalue weighted by atomic mass is 13.9. The molecule has 0 aliphatic heterocycles. The fraction of sp³-hybridized carbons (Fsp3) is 0.714. The first kappa shape index (κ1) is 2.91. The smallest absolute Gasteiger partial charge is 0.0276 e. The van der Waals surface area contributed by atoms with Gasteiger partial charge >= 0.3 is 0 Å². The second-order valence-corrected chi connectivity index (χ2v) is 2.09. The van der Waals surface area contributed by atoms with Crippen LogP contribution in [-0.4, -0.2) is 0 Å². The highest BCUT2D eigenvalue weighted by Crippen LogP contribution is 1.98. The SMILES string of the molecule is [2H]C([2H])([2H])C(C)=CC(C)C. The third-order valence-corrected chi connectivity index (χ3v) is 0.583. The molecule has 0 heterocycles. The van der Waals surface area contributed by atoms with Crippen molar-refractivity contribution in [2.24, 2.45) is 5.92 Å². The van der Waals surface area contributed by atoms with E-state index in [1.807, 2.05) is 13.8 Å². The van der Waals surface area contributed by atoms with Crippen molar-refractivity contribution in [2.75, 3.05) is 0 Å². The fourth-order valence-electron chi connectivity index (χ4n) is 0.500. The zero-order valence-corrected chi connectivity index (χ0v) is 5.15. The van der Waals surface area contributed by atoms with E-state index < -0.39 is 6.85 Å². The summed E-state index contributed by atoms with van der Waals surface area (Å²) >= 11 is 0. The molecule has 0 aromatic heterocycles. The zero-order valence-electron chi connectivity index (χ0n) is 8.15. The highest BCUT2D eigenvalue weighted by Gasteiger charge is 1.82. The Morgan fingerprint density at radius 1 is 1.71 bits per heavy atom. The summed E-state index contributed by atoms with van der Waals surface area (Å²) in [6, 6.07) is 0. The Bertz CT molecular complexity index is 130. The summed E-state index contributed by atoms with van der Waals surface area (Å²) in [6.07, 6.45) is 1.77. The van der Waals surface area contributed by atoms with Gasteiger partial charge in [0.05, 0.1) is 0 Å². The van der Waals surface area contributed by atoms with Crippen LogP contribution >= 0.6 is 0 Å². The van der Waals surface area contributed by atoms with Gasteiger partial charge in [-0.05, 0) is 19.7 Å². The molecule has 42 valence electrons. The van der Waals surface area contributed by atoms with Gasteiger partial charge < -0.3 is 0 Å². The van der Waals surface area contributed by atoms with E-state index in [2.05, 4.69) is 0 Å². The predicted octanol–water partition coefficient (Wildman–Crippen LogP) is 2.61. The molecule has 0 saturated heterocycles. The lowest BCUT2D eigenvalue weighted by molar-refractivity contribution is 0.822. The normalized spacial score (nSPS) is 21.1. The second kappa shape index (κ2) is 2.84.